The van der Waals surface area contributed by atoms with Crippen LogP contribution in [0, 0.1) is 0 Å². The lowest BCUT2D eigenvalue weighted by Crippen LogP contribution is -2.49. The second-order valence-electron chi connectivity index (χ2n) is 8.11. The van der Waals surface area contributed by atoms with E-state index in [1.165, 1.54) is 40.6 Å². The van der Waals surface area contributed by atoms with Gasteiger partial charge in [-0.15, -0.1) is 0 Å². The van der Waals surface area contributed by atoms with E-state index in [1.807, 2.05) is 6.92 Å². The summed E-state index contributed by atoms with van der Waals surface area (Å²) in [4.78, 5) is 19.2. The van der Waals surface area contributed by atoms with Crippen LogP contribution in [-0.4, -0.2) is 51.8 Å². The first kappa shape index (κ1) is 27.7. The summed E-state index contributed by atoms with van der Waals surface area (Å²) in [6.07, 6.45) is -4.53. The molecule has 1 aliphatic rings. The molecule has 11 heteroatoms. The molecule has 0 aromatic heterocycles. The second-order valence-corrected chi connectivity index (χ2v) is 8.11. The predicted molar refractivity (Wildman–Crippen MR) is 132 cm³/mol. The molecule has 1 heterocycles. The molecular weight excluding hydrogens is 491 g/mol. The number of ether oxygens (including phenoxy) is 4. The van der Waals surface area contributed by atoms with Crippen LogP contribution in [0.2, 0.25) is 0 Å². The first-order valence-electron chi connectivity index (χ1n) is 11.4. The average molecular weight is 522 g/mol. The highest BCUT2D eigenvalue weighted by molar-refractivity contribution is 5.96. The van der Waals surface area contributed by atoms with Crippen molar-refractivity contribution >= 4 is 11.9 Å². The third kappa shape index (κ3) is 5.76. The number of rotatable bonds is 8. The smallest absolute Gasteiger partial charge is 0.416 e. The van der Waals surface area contributed by atoms with Crippen LogP contribution >= 0.6 is 0 Å². The Morgan fingerprint density at radius 3 is 2.22 bits per heavy atom. The van der Waals surface area contributed by atoms with E-state index in [4.69, 9.17) is 23.9 Å². The van der Waals surface area contributed by atoms with Crippen molar-refractivity contribution in [2.24, 2.45) is 4.99 Å². The number of halogens is 3. The van der Waals surface area contributed by atoms with E-state index in [2.05, 4.69) is 5.32 Å². The molecule has 0 fully saturated rings. The lowest BCUT2D eigenvalue weighted by atomic mass is 9.93. The molecule has 0 radical (unpaired) electrons. The van der Waals surface area contributed by atoms with E-state index in [9.17, 15) is 18.0 Å². The van der Waals surface area contributed by atoms with Gasteiger partial charge in [-0.3, -0.25) is 0 Å². The maximum Gasteiger partial charge on any atom is 0.416 e. The predicted octanol–water partition coefficient (Wildman–Crippen LogP) is 4.70. The summed E-state index contributed by atoms with van der Waals surface area (Å²) >= 11 is 0. The summed E-state index contributed by atoms with van der Waals surface area (Å²) in [5.41, 5.74) is 0.916. The average Bonchev–Trinajstić information content (AvgIpc) is 2.89. The molecule has 2 aromatic carbocycles. The number of nitrogens with one attached hydrogen (secondary N) is 1. The number of carbonyl (C=O) groups is 1. The fourth-order valence-electron chi connectivity index (χ4n) is 4.22. The Morgan fingerprint density at radius 2 is 1.70 bits per heavy atom. The molecular formula is C26H30F3N3O5. The highest BCUT2D eigenvalue weighted by Gasteiger charge is 2.36. The third-order valence-corrected chi connectivity index (χ3v) is 6.02. The minimum atomic E-state index is -4.53. The molecule has 0 saturated carbocycles. The summed E-state index contributed by atoms with van der Waals surface area (Å²) in [5.74, 6) is 1.12. The second kappa shape index (κ2) is 11.4. The normalized spacial score (nSPS) is 16.9. The molecule has 200 valence electrons. The van der Waals surface area contributed by atoms with Crippen LogP contribution < -0.4 is 19.5 Å². The van der Waals surface area contributed by atoms with E-state index in [0.717, 1.165) is 17.7 Å². The first-order chi connectivity index (χ1) is 17.6. The lowest BCUT2D eigenvalue weighted by Gasteiger charge is -2.37. The van der Waals surface area contributed by atoms with Crippen LogP contribution in [0.5, 0.6) is 17.2 Å². The molecule has 2 aromatic rings. The summed E-state index contributed by atoms with van der Waals surface area (Å²) in [6.45, 7) is 4.22. The van der Waals surface area contributed by atoms with E-state index < -0.39 is 23.8 Å². The van der Waals surface area contributed by atoms with E-state index in [-0.39, 0.29) is 17.7 Å². The number of benzene rings is 2. The van der Waals surface area contributed by atoms with Crippen LogP contribution in [-0.2, 0) is 22.3 Å². The highest BCUT2D eigenvalue weighted by atomic mass is 19.4. The van der Waals surface area contributed by atoms with Crippen molar-refractivity contribution in [3.63, 3.8) is 0 Å². The SMILES string of the molecule is CCN1C(=NCc2cc(OC)c(OC)c(OC)c2)N[C@@H](c2cccc(C(F)(F)F)c2)C(C(=O)OC)=C1C. The fourth-order valence-corrected chi connectivity index (χ4v) is 4.22. The minimum Gasteiger partial charge on any atom is -0.493 e. The number of nitrogens with zero attached hydrogens (tertiary/aromatic N) is 2. The number of hydrogen-bond acceptors (Lipinski definition) is 6. The van der Waals surface area contributed by atoms with Crippen molar-refractivity contribution < 1.29 is 36.9 Å². The van der Waals surface area contributed by atoms with Gasteiger partial charge in [0.15, 0.2) is 17.5 Å². The molecule has 0 aliphatic carbocycles. The number of esters is 1. The summed E-state index contributed by atoms with van der Waals surface area (Å²) < 4.78 is 61.4. The van der Waals surface area contributed by atoms with Gasteiger partial charge in [0, 0.05) is 12.2 Å². The van der Waals surface area contributed by atoms with Gasteiger partial charge in [-0.25, -0.2) is 9.79 Å². The molecule has 0 amide bonds. The zero-order chi connectivity index (χ0) is 27.3. The zero-order valence-corrected chi connectivity index (χ0v) is 21.5. The molecule has 3 rings (SSSR count). The van der Waals surface area contributed by atoms with Gasteiger partial charge in [-0.2, -0.15) is 13.2 Å². The maximum atomic E-state index is 13.4. The third-order valence-electron chi connectivity index (χ3n) is 6.02. The largest absolute Gasteiger partial charge is 0.493 e. The molecule has 1 N–H and O–H groups in total. The van der Waals surface area contributed by atoms with Crippen molar-refractivity contribution in [2.75, 3.05) is 35.0 Å². The van der Waals surface area contributed by atoms with Gasteiger partial charge in [0.05, 0.1) is 52.2 Å². The van der Waals surface area contributed by atoms with Gasteiger partial charge < -0.3 is 29.2 Å². The monoisotopic (exact) mass is 521 g/mol. The van der Waals surface area contributed by atoms with Gasteiger partial charge in [-0.1, -0.05) is 12.1 Å². The van der Waals surface area contributed by atoms with E-state index in [1.54, 1.807) is 24.0 Å². The topological polar surface area (TPSA) is 81.6 Å². The molecule has 1 atom stereocenters. The van der Waals surface area contributed by atoms with Gasteiger partial charge in [0.2, 0.25) is 5.75 Å². The Balaban J connectivity index is 2.08. The fraction of sp³-hybridized carbons (Fsp3) is 0.385. The number of guanidine groups is 1. The number of aliphatic imine (C=N–C) groups is 1. The molecule has 37 heavy (non-hydrogen) atoms. The Morgan fingerprint density at radius 1 is 1.05 bits per heavy atom. The highest BCUT2D eigenvalue weighted by Crippen LogP contribution is 2.39. The van der Waals surface area contributed by atoms with Crippen LogP contribution in [0.3, 0.4) is 0 Å². The van der Waals surface area contributed by atoms with Crippen LogP contribution in [0.4, 0.5) is 13.2 Å². The van der Waals surface area contributed by atoms with Gasteiger partial charge in [0.1, 0.15) is 0 Å². The zero-order valence-electron chi connectivity index (χ0n) is 21.5. The van der Waals surface area contributed by atoms with Crippen LogP contribution in [0.1, 0.15) is 36.6 Å². The number of carbonyl (C=O) groups excluding carboxylic acids is 1. The molecule has 0 spiro atoms. The molecule has 0 bridgehead atoms. The van der Waals surface area contributed by atoms with E-state index >= 15 is 0 Å². The number of methoxy groups -OCH3 is 4. The molecule has 0 unspecified atom stereocenters. The number of allylic oxidation sites excluding steroid dienone is 1. The first-order valence-corrected chi connectivity index (χ1v) is 11.4. The summed E-state index contributed by atoms with van der Waals surface area (Å²) in [5, 5.41) is 3.16. The molecule has 8 nitrogen and oxygen atoms in total. The molecule has 0 saturated heterocycles. The Bertz CT molecular complexity index is 1190. The Labute approximate surface area is 213 Å². The van der Waals surface area contributed by atoms with Crippen molar-refractivity contribution in [1.29, 1.82) is 0 Å². The van der Waals surface area contributed by atoms with Crippen LogP contribution in [0.25, 0.3) is 0 Å². The number of hydrogen-bond donors (Lipinski definition) is 1. The summed E-state index contributed by atoms with van der Waals surface area (Å²) in [7, 11) is 5.76. The Hall–Kier alpha value is -3.89. The van der Waals surface area contributed by atoms with Gasteiger partial charge in [0.25, 0.3) is 0 Å². The van der Waals surface area contributed by atoms with Crippen molar-refractivity contribution in [2.45, 2.75) is 32.6 Å². The van der Waals surface area contributed by atoms with E-state index in [0.29, 0.717) is 35.4 Å². The van der Waals surface area contributed by atoms with Crippen molar-refractivity contribution in [1.82, 2.24) is 10.2 Å². The maximum absolute atomic E-state index is 13.4. The Kier molecular flexibility index (Phi) is 8.57. The van der Waals surface area contributed by atoms with Gasteiger partial charge >= 0.3 is 12.1 Å². The summed E-state index contributed by atoms with van der Waals surface area (Å²) in [6, 6.07) is 7.46. The lowest BCUT2D eigenvalue weighted by molar-refractivity contribution is -0.137. The standard InChI is InChI=1S/C26H30F3N3O5/c1-7-32-15(2)21(24(33)37-6)22(17-9-8-10-18(13-17)26(27,28)29)31-25(32)30-14-16-11-19(34-3)23(36-5)20(12-16)35-4/h8-13,22H,7,14H2,1-6H3,(H,30,31)/t22-/m0/s1. The quantitative estimate of drug-likeness (QED) is 0.505. The number of alkyl halides is 3. The van der Waals surface area contributed by atoms with Crippen molar-refractivity contribution in [3.8, 4) is 17.2 Å². The minimum absolute atomic E-state index is 0.186. The van der Waals surface area contributed by atoms with Crippen molar-refractivity contribution in [3.05, 3.63) is 64.4 Å². The van der Waals surface area contributed by atoms with Crippen LogP contribution in [0.15, 0.2) is 52.7 Å². The van der Waals surface area contributed by atoms with Gasteiger partial charge in [-0.05, 0) is 49.2 Å². The molecule has 1 aliphatic heterocycles.